The SMILES string of the molecule is COC(=O)c1nc(Cl)sc1-c1ccc(F)cc1. The monoisotopic (exact) mass is 271 g/mol. The van der Waals surface area contributed by atoms with Gasteiger partial charge < -0.3 is 4.74 Å². The van der Waals surface area contributed by atoms with Gasteiger partial charge in [-0.3, -0.25) is 0 Å². The van der Waals surface area contributed by atoms with Crippen LogP contribution < -0.4 is 0 Å². The topological polar surface area (TPSA) is 39.2 Å². The predicted molar refractivity (Wildman–Crippen MR) is 63.9 cm³/mol. The van der Waals surface area contributed by atoms with Gasteiger partial charge >= 0.3 is 5.97 Å². The van der Waals surface area contributed by atoms with Gasteiger partial charge in [0.2, 0.25) is 0 Å². The largest absolute Gasteiger partial charge is 0.464 e. The van der Waals surface area contributed by atoms with Crippen LogP contribution in [0.3, 0.4) is 0 Å². The quantitative estimate of drug-likeness (QED) is 0.786. The molecule has 17 heavy (non-hydrogen) atoms. The van der Waals surface area contributed by atoms with E-state index in [0.29, 0.717) is 10.4 Å². The van der Waals surface area contributed by atoms with E-state index in [0.717, 1.165) is 11.3 Å². The van der Waals surface area contributed by atoms with Gasteiger partial charge in [-0.05, 0) is 17.7 Å². The zero-order chi connectivity index (χ0) is 12.4. The number of carbonyl (C=O) groups excluding carboxylic acids is 1. The van der Waals surface area contributed by atoms with E-state index in [-0.39, 0.29) is 16.0 Å². The predicted octanol–water partition coefficient (Wildman–Crippen LogP) is 3.39. The first-order chi connectivity index (χ1) is 8.11. The molecular formula is C11H7ClFNO2S. The number of hydrogen-bond donors (Lipinski definition) is 0. The Hall–Kier alpha value is -1.46. The van der Waals surface area contributed by atoms with E-state index in [2.05, 4.69) is 9.72 Å². The van der Waals surface area contributed by atoms with Gasteiger partial charge in [0.1, 0.15) is 5.82 Å². The summed E-state index contributed by atoms with van der Waals surface area (Å²) < 4.78 is 17.7. The summed E-state index contributed by atoms with van der Waals surface area (Å²) in [5.41, 5.74) is 0.824. The highest BCUT2D eigenvalue weighted by molar-refractivity contribution is 7.19. The van der Waals surface area contributed by atoms with E-state index < -0.39 is 5.97 Å². The van der Waals surface area contributed by atoms with Crippen molar-refractivity contribution in [2.45, 2.75) is 0 Å². The number of hydrogen-bond acceptors (Lipinski definition) is 4. The summed E-state index contributed by atoms with van der Waals surface area (Å²) in [6, 6.07) is 5.74. The Balaban J connectivity index is 2.51. The van der Waals surface area contributed by atoms with Gasteiger partial charge in [-0.25, -0.2) is 14.2 Å². The van der Waals surface area contributed by atoms with Crippen LogP contribution in [0.15, 0.2) is 24.3 Å². The van der Waals surface area contributed by atoms with Gasteiger partial charge in [0.05, 0.1) is 12.0 Å². The van der Waals surface area contributed by atoms with E-state index in [4.69, 9.17) is 11.6 Å². The Labute approximate surface area is 106 Å². The molecule has 0 spiro atoms. The average molecular weight is 272 g/mol. The van der Waals surface area contributed by atoms with Crippen LogP contribution >= 0.6 is 22.9 Å². The molecule has 88 valence electrons. The number of esters is 1. The molecule has 0 radical (unpaired) electrons. The minimum absolute atomic E-state index is 0.147. The molecule has 0 saturated heterocycles. The first-order valence-corrected chi connectivity index (χ1v) is 5.82. The molecule has 0 N–H and O–H groups in total. The Morgan fingerprint density at radius 2 is 2.06 bits per heavy atom. The fraction of sp³-hybridized carbons (Fsp3) is 0.0909. The maximum Gasteiger partial charge on any atom is 0.358 e. The number of ether oxygens (including phenoxy) is 1. The maximum atomic E-state index is 12.8. The van der Waals surface area contributed by atoms with Crippen LogP contribution in [0.25, 0.3) is 10.4 Å². The summed E-state index contributed by atoms with van der Waals surface area (Å²) in [4.78, 5) is 15.9. The Morgan fingerprint density at radius 1 is 1.41 bits per heavy atom. The zero-order valence-corrected chi connectivity index (χ0v) is 10.3. The molecule has 1 aromatic carbocycles. The highest BCUT2D eigenvalue weighted by atomic mass is 35.5. The van der Waals surface area contributed by atoms with E-state index >= 15 is 0 Å². The van der Waals surface area contributed by atoms with Crippen LogP contribution in [-0.2, 0) is 4.74 Å². The number of halogens is 2. The Bertz CT molecular complexity index is 553. The second-order valence-corrected chi connectivity index (χ2v) is 4.72. The van der Waals surface area contributed by atoms with Crippen LogP contribution in [-0.4, -0.2) is 18.1 Å². The van der Waals surface area contributed by atoms with Gasteiger partial charge in [-0.15, -0.1) is 11.3 Å². The Kier molecular flexibility index (Phi) is 3.40. The lowest BCUT2D eigenvalue weighted by atomic mass is 10.1. The second-order valence-electron chi connectivity index (χ2n) is 3.14. The molecule has 2 aromatic rings. The summed E-state index contributed by atoms with van der Waals surface area (Å²) in [5.74, 6) is -0.906. The fourth-order valence-corrected chi connectivity index (χ4v) is 2.43. The van der Waals surface area contributed by atoms with Crippen molar-refractivity contribution in [1.29, 1.82) is 0 Å². The van der Waals surface area contributed by atoms with Crippen LogP contribution in [0.2, 0.25) is 4.47 Å². The number of rotatable bonds is 2. The molecule has 0 amide bonds. The molecule has 1 heterocycles. The van der Waals surface area contributed by atoms with Crippen LogP contribution in [0.4, 0.5) is 4.39 Å². The van der Waals surface area contributed by atoms with Crippen molar-refractivity contribution < 1.29 is 13.9 Å². The number of carbonyl (C=O) groups is 1. The zero-order valence-electron chi connectivity index (χ0n) is 8.74. The molecular weight excluding hydrogens is 265 g/mol. The molecule has 0 aliphatic carbocycles. The third kappa shape index (κ3) is 2.45. The summed E-state index contributed by atoms with van der Waals surface area (Å²) in [7, 11) is 1.27. The molecule has 0 bridgehead atoms. The molecule has 0 unspecified atom stereocenters. The van der Waals surface area contributed by atoms with Crippen molar-refractivity contribution in [3.8, 4) is 10.4 Å². The number of aromatic nitrogens is 1. The highest BCUT2D eigenvalue weighted by Crippen LogP contribution is 2.33. The highest BCUT2D eigenvalue weighted by Gasteiger charge is 2.19. The van der Waals surface area contributed by atoms with E-state index in [1.807, 2.05) is 0 Å². The van der Waals surface area contributed by atoms with Crippen molar-refractivity contribution in [3.05, 3.63) is 40.2 Å². The lowest BCUT2D eigenvalue weighted by Crippen LogP contribution is -2.03. The minimum Gasteiger partial charge on any atom is -0.464 e. The first-order valence-electron chi connectivity index (χ1n) is 4.62. The minimum atomic E-state index is -0.563. The van der Waals surface area contributed by atoms with Gasteiger partial charge in [-0.2, -0.15) is 0 Å². The van der Waals surface area contributed by atoms with Gasteiger partial charge in [0.15, 0.2) is 10.2 Å². The van der Waals surface area contributed by atoms with Crippen molar-refractivity contribution >= 4 is 28.9 Å². The second kappa shape index (κ2) is 4.81. The fourth-order valence-electron chi connectivity index (χ4n) is 1.33. The molecule has 6 heteroatoms. The summed E-state index contributed by atoms with van der Waals surface area (Å²) in [6.45, 7) is 0. The van der Waals surface area contributed by atoms with Crippen molar-refractivity contribution in [2.24, 2.45) is 0 Å². The van der Waals surface area contributed by atoms with Crippen LogP contribution in [0.1, 0.15) is 10.5 Å². The lowest BCUT2D eigenvalue weighted by Gasteiger charge is -2.00. The number of thiazole rings is 1. The summed E-state index contributed by atoms with van der Waals surface area (Å²) in [5, 5.41) is 0. The lowest BCUT2D eigenvalue weighted by molar-refractivity contribution is 0.0596. The molecule has 3 nitrogen and oxygen atoms in total. The number of methoxy groups -OCH3 is 1. The average Bonchev–Trinajstić information content (AvgIpc) is 2.71. The number of benzene rings is 1. The van der Waals surface area contributed by atoms with Gasteiger partial charge in [0.25, 0.3) is 0 Å². The molecule has 2 rings (SSSR count). The third-order valence-electron chi connectivity index (χ3n) is 2.09. The molecule has 0 atom stereocenters. The van der Waals surface area contributed by atoms with Crippen LogP contribution in [0, 0.1) is 5.82 Å². The summed E-state index contributed by atoms with van der Waals surface area (Å²) >= 11 is 6.92. The standard InChI is InChI=1S/C11H7ClFNO2S/c1-16-10(15)8-9(17-11(12)14-8)6-2-4-7(13)5-3-6/h2-5H,1H3. The smallest absolute Gasteiger partial charge is 0.358 e. The molecule has 1 aromatic heterocycles. The first kappa shape index (κ1) is 12.0. The number of nitrogens with zero attached hydrogens (tertiary/aromatic N) is 1. The van der Waals surface area contributed by atoms with Crippen molar-refractivity contribution in [3.63, 3.8) is 0 Å². The van der Waals surface area contributed by atoms with Crippen molar-refractivity contribution in [2.75, 3.05) is 7.11 Å². The maximum absolute atomic E-state index is 12.8. The molecule has 0 saturated carbocycles. The normalized spacial score (nSPS) is 10.3. The molecule has 0 aliphatic heterocycles. The molecule has 0 aliphatic rings. The third-order valence-corrected chi connectivity index (χ3v) is 3.30. The van der Waals surface area contributed by atoms with E-state index in [1.54, 1.807) is 12.1 Å². The van der Waals surface area contributed by atoms with Crippen molar-refractivity contribution in [1.82, 2.24) is 4.98 Å². The molecule has 0 fully saturated rings. The van der Waals surface area contributed by atoms with Crippen LogP contribution in [0.5, 0.6) is 0 Å². The van der Waals surface area contributed by atoms with E-state index in [1.165, 1.54) is 19.2 Å². The Morgan fingerprint density at radius 3 is 2.65 bits per heavy atom. The van der Waals surface area contributed by atoms with Gasteiger partial charge in [-0.1, -0.05) is 23.7 Å². The van der Waals surface area contributed by atoms with E-state index in [9.17, 15) is 9.18 Å². The summed E-state index contributed by atoms with van der Waals surface area (Å²) in [6.07, 6.45) is 0. The van der Waals surface area contributed by atoms with Gasteiger partial charge in [0, 0.05) is 0 Å².